The summed E-state index contributed by atoms with van der Waals surface area (Å²) in [5.74, 6) is 0.514. The first-order chi connectivity index (χ1) is 23.7. The second-order valence-electron chi connectivity index (χ2n) is 11.6. The molecule has 0 bridgehead atoms. The van der Waals surface area contributed by atoms with Crippen molar-refractivity contribution in [1.82, 2.24) is 14.5 Å². The summed E-state index contributed by atoms with van der Waals surface area (Å²) in [7, 11) is 0. The highest BCUT2D eigenvalue weighted by atomic mass is 32.1. The van der Waals surface area contributed by atoms with Gasteiger partial charge in [0, 0.05) is 47.6 Å². The fourth-order valence-electron chi connectivity index (χ4n) is 6.80. The minimum absolute atomic E-state index is 0.362. The number of benzene rings is 6. The van der Waals surface area contributed by atoms with Crippen molar-refractivity contribution in [3.63, 3.8) is 0 Å². The molecule has 48 heavy (non-hydrogen) atoms. The second kappa shape index (κ2) is 11.0. The molecule has 0 N–H and O–H groups in total. The van der Waals surface area contributed by atoms with E-state index in [1.807, 2.05) is 84.9 Å². The molecule has 0 unspecified atom stereocenters. The van der Waals surface area contributed by atoms with E-state index in [2.05, 4.69) is 71.3 Å². The Labute approximate surface area is 279 Å². The standard InChI is InChI=1S/C42H23N5S/c43-24-29-23-28(41-32(25-44)40(26-11-3-1-4-12-26)45-42(46-41)27-13-5-2-6-14-27)19-20-33(29)47-34-17-9-7-15-30(34)38-35(47)21-22-37-39(38)31-16-8-10-18-36(31)48-37/h1-23H. The van der Waals surface area contributed by atoms with Gasteiger partial charge in [0.1, 0.15) is 17.7 Å². The summed E-state index contributed by atoms with van der Waals surface area (Å²) in [5, 5.41) is 25.9. The van der Waals surface area contributed by atoms with Crippen molar-refractivity contribution in [1.29, 1.82) is 10.5 Å². The van der Waals surface area contributed by atoms with Gasteiger partial charge in [-0.15, -0.1) is 11.3 Å². The maximum Gasteiger partial charge on any atom is 0.160 e. The number of thiophene rings is 1. The van der Waals surface area contributed by atoms with Gasteiger partial charge in [-0.2, -0.15) is 10.5 Å². The fourth-order valence-corrected chi connectivity index (χ4v) is 7.91. The van der Waals surface area contributed by atoms with Crippen molar-refractivity contribution in [2.24, 2.45) is 0 Å². The normalized spacial score (nSPS) is 11.3. The van der Waals surface area contributed by atoms with Gasteiger partial charge in [0.2, 0.25) is 0 Å². The molecule has 3 heterocycles. The van der Waals surface area contributed by atoms with E-state index >= 15 is 0 Å². The Morgan fingerprint density at radius 3 is 1.94 bits per heavy atom. The van der Waals surface area contributed by atoms with E-state index < -0.39 is 0 Å². The van der Waals surface area contributed by atoms with Crippen LogP contribution in [0.4, 0.5) is 0 Å². The lowest BCUT2D eigenvalue weighted by Crippen LogP contribution is -2.02. The summed E-state index contributed by atoms with van der Waals surface area (Å²) in [5.41, 5.74) is 7.06. The molecule has 0 aliphatic rings. The lowest BCUT2D eigenvalue weighted by atomic mass is 9.98. The molecular formula is C42H23N5S. The van der Waals surface area contributed by atoms with E-state index in [1.54, 1.807) is 11.3 Å². The van der Waals surface area contributed by atoms with E-state index in [1.165, 1.54) is 25.6 Å². The number of nitriles is 2. The molecule has 0 aliphatic heterocycles. The van der Waals surface area contributed by atoms with Gasteiger partial charge in [-0.3, -0.25) is 0 Å². The molecule has 0 radical (unpaired) electrons. The molecule has 222 valence electrons. The van der Waals surface area contributed by atoms with Crippen LogP contribution in [-0.4, -0.2) is 14.5 Å². The number of rotatable bonds is 4. The molecule has 9 rings (SSSR count). The number of hydrogen-bond acceptors (Lipinski definition) is 5. The minimum atomic E-state index is 0.362. The van der Waals surface area contributed by atoms with Gasteiger partial charge in [0.25, 0.3) is 0 Å². The molecule has 6 heteroatoms. The Morgan fingerprint density at radius 1 is 0.521 bits per heavy atom. The Hall–Kier alpha value is -6.60. The zero-order valence-corrected chi connectivity index (χ0v) is 26.2. The van der Waals surface area contributed by atoms with E-state index in [9.17, 15) is 10.5 Å². The second-order valence-corrected chi connectivity index (χ2v) is 12.7. The molecule has 0 saturated heterocycles. The maximum atomic E-state index is 10.6. The van der Waals surface area contributed by atoms with Crippen LogP contribution in [0.1, 0.15) is 11.1 Å². The minimum Gasteiger partial charge on any atom is -0.308 e. The Kier molecular flexibility index (Phi) is 6.36. The van der Waals surface area contributed by atoms with Crippen LogP contribution in [0.25, 0.3) is 81.6 Å². The average molecular weight is 630 g/mol. The lowest BCUT2D eigenvalue weighted by molar-refractivity contribution is 1.15. The number of aromatic nitrogens is 3. The first-order valence-corrected chi connectivity index (χ1v) is 16.4. The largest absolute Gasteiger partial charge is 0.308 e. The van der Waals surface area contributed by atoms with Crippen LogP contribution in [-0.2, 0) is 0 Å². The molecule has 9 aromatic rings. The highest BCUT2D eigenvalue weighted by Gasteiger charge is 2.22. The van der Waals surface area contributed by atoms with Crippen molar-refractivity contribution in [2.45, 2.75) is 0 Å². The molecule has 6 aromatic carbocycles. The van der Waals surface area contributed by atoms with Crippen LogP contribution in [0.5, 0.6) is 0 Å². The molecule has 5 nitrogen and oxygen atoms in total. The first kappa shape index (κ1) is 27.7. The van der Waals surface area contributed by atoms with Gasteiger partial charge in [-0.1, -0.05) is 103 Å². The van der Waals surface area contributed by atoms with Crippen LogP contribution in [0.2, 0.25) is 0 Å². The number of para-hydroxylation sites is 1. The summed E-state index contributed by atoms with van der Waals surface area (Å²) in [4.78, 5) is 9.83. The number of fused-ring (bicyclic) bond motifs is 7. The van der Waals surface area contributed by atoms with Crippen molar-refractivity contribution >= 4 is 53.3 Å². The zero-order valence-electron chi connectivity index (χ0n) is 25.4. The molecule has 3 aromatic heterocycles. The van der Waals surface area contributed by atoms with Crippen molar-refractivity contribution in [2.75, 3.05) is 0 Å². The van der Waals surface area contributed by atoms with Gasteiger partial charge in [0.15, 0.2) is 5.82 Å². The van der Waals surface area contributed by atoms with Gasteiger partial charge in [0.05, 0.1) is 33.7 Å². The molecule has 0 amide bonds. The molecular weight excluding hydrogens is 607 g/mol. The van der Waals surface area contributed by atoms with E-state index in [0.29, 0.717) is 33.9 Å². The van der Waals surface area contributed by atoms with Crippen LogP contribution < -0.4 is 0 Å². The molecule has 0 saturated carbocycles. The maximum absolute atomic E-state index is 10.6. The first-order valence-electron chi connectivity index (χ1n) is 15.5. The van der Waals surface area contributed by atoms with E-state index in [4.69, 9.17) is 9.97 Å². The molecule has 0 aliphatic carbocycles. The van der Waals surface area contributed by atoms with Crippen LogP contribution in [0, 0.1) is 22.7 Å². The zero-order chi connectivity index (χ0) is 32.2. The third-order valence-corrected chi connectivity index (χ3v) is 10.0. The molecule has 0 spiro atoms. The SMILES string of the molecule is N#Cc1cc(-c2nc(-c3ccccc3)nc(-c3ccccc3)c2C#N)ccc1-n1c2ccccc2c2c3c(ccc21)sc1ccccc13. The topological polar surface area (TPSA) is 78.3 Å². The predicted molar refractivity (Wildman–Crippen MR) is 195 cm³/mol. The van der Waals surface area contributed by atoms with Crippen LogP contribution in [0.3, 0.4) is 0 Å². The molecule has 0 atom stereocenters. The highest BCUT2D eigenvalue weighted by Crippen LogP contribution is 2.44. The van der Waals surface area contributed by atoms with Gasteiger partial charge >= 0.3 is 0 Å². The third-order valence-electron chi connectivity index (χ3n) is 8.91. The monoisotopic (exact) mass is 629 g/mol. The van der Waals surface area contributed by atoms with Crippen molar-refractivity contribution in [3.8, 4) is 51.7 Å². The lowest BCUT2D eigenvalue weighted by Gasteiger charge is -2.14. The summed E-state index contributed by atoms with van der Waals surface area (Å²) in [6, 6.07) is 51.4. The Morgan fingerprint density at radius 2 is 1.19 bits per heavy atom. The van der Waals surface area contributed by atoms with Crippen LogP contribution >= 0.6 is 11.3 Å². The summed E-state index contributed by atoms with van der Waals surface area (Å²) >= 11 is 1.80. The smallest absolute Gasteiger partial charge is 0.160 e. The van der Waals surface area contributed by atoms with Crippen LogP contribution in [0.15, 0.2) is 140 Å². The number of hydrogen-bond donors (Lipinski definition) is 0. The van der Waals surface area contributed by atoms with E-state index in [-0.39, 0.29) is 0 Å². The predicted octanol–water partition coefficient (Wildman–Crippen LogP) is 10.7. The van der Waals surface area contributed by atoms with Gasteiger partial charge in [-0.25, -0.2) is 9.97 Å². The van der Waals surface area contributed by atoms with E-state index in [0.717, 1.165) is 33.2 Å². The summed E-state index contributed by atoms with van der Waals surface area (Å²) in [6.07, 6.45) is 0. The van der Waals surface area contributed by atoms with Crippen molar-refractivity contribution in [3.05, 3.63) is 151 Å². The number of nitrogens with zero attached hydrogens (tertiary/aromatic N) is 5. The Bertz CT molecular complexity index is 2800. The van der Waals surface area contributed by atoms with Crippen molar-refractivity contribution < 1.29 is 0 Å². The average Bonchev–Trinajstić information content (AvgIpc) is 3.70. The fraction of sp³-hybridized carbons (Fsp3) is 0. The quantitative estimate of drug-likeness (QED) is 0.194. The summed E-state index contributed by atoms with van der Waals surface area (Å²) in [6.45, 7) is 0. The Balaban J connectivity index is 1.30. The highest BCUT2D eigenvalue weighted by molar-refractivity contribution is 7.26. The van der Waals surface area contributed by atoms with Gasteiger partial charge < -0.3 is 4.57 Å². The summed E-state index contributed by atoms with van der Waals surface area (Å²) < 4.78 is 4.68. The van der Waals surface area contributed by atoms with Gasteiger partial charge in [-0.05, 0) is 36.4 Å². The third kappa shape index (κ3) is 4.22. The molecule has 0 fully saturated rings.